The Morgan fingerprint density at radius 2 is 2.05 bits per heavy atom. The van der Waals surface area contributed by atoms with Crippen LogP contribution in [-0.4, -0.2) is 34.9 Å². The normalized spacial score (nSPS) is 11.2. The Bertz CT molecular complexity index is 818. The number of hydrogen-bond acceptors (Lipinski definition) is 3. The van der Waals surface area contributed by atoms with Crippen LogP contribution in [0.3, 0.4) is 0 Å². The fourth-order valence-corrected chi connectivity index (χ4v) is 2.57. The number of carbonyl (C=O) groups is 1. The highest BCUT2D eigenvalue weighted by Gasteiger charge is 2.16. The Hall–Kier alpha value is -2.66. The van der Waals surface area contributed by atoms with E-state index in [1.165, 1.54) is 5.56 Å². The summed E-state index contributed by atoms with van der Waals surface area (Å²) >= 11 is 0. The number of H-pyrrole nitrogens is 1. The van der Waals surface area contributed by atoms with E-state index in [1.807, 2.05) is 38.4 Å². The molecule has 0 bridgehead atoms. The van der Waals surface area contributed by atoms with Gasteiger partial charge in [0, 0.05) is 36.0 Å². The zero-order chi connectivity index (χ0) is 15.7. The van der Waals surface area contributed by atoms with Crippen LogP contribution in [0.15, 0.2) is 36.7 Å². The number of nitrogens with zero attached hydrogens (tertiary/aromatic N) is 2. The van der Waals surface area contributed by atoms with Crippen LogP contribution in [0.4, 0.5) is 0 Å². The van der Waals surface area contributed by atoms with Crippen LogP contribution in [0, 0.1) is 6.07 Å². The first-order chi connectivity index (χ1) is 10.6. The Morgan fingerprint density at radius 3 is 2.68 bits per heavy atom. The number of aromatic nitrogens is 2. The molecule has 22 heavy (non-hydrogen) atoms. The van der Waals surface area contributed by atoms with E-state index in [1.54, 1.807) is 12.4 Å². The van der Waals surface area contributed by atoms with Crippen molar-refractivity contribution in [2.24, 2.45) is 5.73 Å². The van der Waals surface area contributed by atoms with Crippen molar-refractivity contribution in [2.45, 2.75) is 6.54 Å². The van der Waals surface area contributed by atoms with Gasteiger partial charge in [-0.3, -0.25) is 4.79 Å². The molecular formula is C17H17N4O. The molecule has 0 aliphatic carbocycles. The van der Waals surface area contributed by atoms with Gasteiger partial charge in [0.1, 0.15) is 5.65 Å². The van der Waals surface area contributed by atoms with Crippen LogP contribution >= 0.6 is 0 Å². The summed E-state index contributed by atoms with van der Waals surface area (Å²) in [5, 5.41) is 0.627. The summed E-state index contributed by atoms with van der Waals surface area (Å²) in [7, 11) is 4.05. The van der Waals surface area contributed by atoms with Crippen molar-refractivity contribution in [1.82, 2.24) is 14.9 Å². The summed E-state index contributed by atoms with van der Waals surface area (Å²) in [5.74, 6) is -0.476. The maximum Gasteiger partial charge on any atom is 0.250 e. The Kier molecular flexibility index (Phi) is 3.65. The number of nitrogens with one attached hydrogen (secondary N) is 1. The van der Waals surface area contributed by atoms with Crippen molar-refractivity contribution in [3.63, 3.8) is 0 Å². The van der Waals surface area contributed by atoms with Gasteiger partial charge in [-0.25, -0.2) is 4.98 Å². The van der Waals surface area contributed by atoms with Crippen LogP contribution in [-0.2, 0) is 6.54 Å². The van der Waals surface area contributed by atoms with Gasteiger partial charge in [-0.1, -0.05) is 24.3 Å². The Morgan fingerprint density at radius 1 is 1.32 bits per heavy atom. The fraction of sp³-hybridized carbons (Fsp3) is 0.176. The lowest BCUT2D eigenvalue weighted by atomic mass is 9.98. The zero-order valence-corrected chi connectivity index (χ0v) is 12.6. The predicted molar refractivity (Wildman–Crippen MR) is 86.3 cm³/mol. The van der Waals surface area contributed by atoms with Gasteiger partial charge >= 0.3 is 0 Å². The van der Waals surface area contributed by atoms with Gasteiger partial charge in [0.15, 0.2) is 0 Å². The average Bonchev–Trinajstić information content (AvgIpc) is 2.94. The topological polar surface area (TPSA) is 75.0 Å². The monoisotopic (exact) mass is 293 g/mol. The van der Waals surface area contributed by atoms with E-state index >= 15 is 0 Å². The molecule has 0 unspecified atom stereocenters. The molecule has 1 radical (unpaired) electrons. The van der Waals surface area contributed by atoms with Crippen molar-refractivity contribution in [3.8, 4) is 11.1 Å². The first-order valence-corrected chi connectivity index (χ1v) is 6.98. The molecule has 1 amide bonds. The minimum atomic E-state index is -0.476. The quantitative estimate of drug-likeness (QED) is 0.774. The number of aromatic amines is 1. The van der Waals surface area contributed by atoms with Crippen molar-refractivity contribution in [1.29, 1.82) is 0 Å². The van der Waals surface area contributed by atoms with Crippen molar-refractivity contribution < 1.29 is 4.79 Å². The van der Waals surface area contributed by atoms with Crippen molar-refractivity contribution >= 4 is 16.9 Å². The molecule has 0 saturated heterocycles. The van der Waals surface area contributed by atoms with E-state index in [4.69, 9.17) is 5.73 Å². The number of hydrogen-bond donors (Lipinski definition) is 2. The van der Waals surface area contributed by atoms with Crippen LogP contribution in [0.25, 0.3) is 22.2 Å². The highest BCUT2D eigenvalue weighted by Crippen LogP contribution is 2.28. The third-order valence-corrected chi connectivity index (χ3v) is 3.51. The molecule has 2 heterocycles. The first-order valence-electron chi connectivity index (χ1n) is 6.98. The summed E-state index contributed by atoms with van der Waals surface area (Å²) in [6.07, 6.45) is 3.31. The molecule has 0 atom stereocenters. The number of fused-ring (bicyclic) bond motifs is 1. The number of nitrogens with two attached hydrogens (primary N) is 1. The lowest BCUT2D eigenvalue weighted by Gasteiger charge is -2.11. The molecule has 2 aromatic heterocycles. The molecule has 0 spiro atoms. The molecule has 3 rings (SSSR count). The van der Waals surface area contributed by atoms with Gasteiger partial charge in [0.05, 0.1) is 5.56 Å². The Labute approximate surface area is 128 Å². The van der Waals surface area contributed by atoms with E-state index in [-0.39, 0.29) is 0 Å². The maximum absolute atomic E-state index is 11.9. The number of primary amides is 1. The highest BCUT2D eigenvalue weighted by molar-refractivity contribution is 6.10. The largest absolute Gasteiger partial charge is 0.366 e. The lowest BCUT2D eigenvalue weighted by molar-refractivity contribution is 0.100. The first kappa shape index (κ1) is 14.3. The zero-order valence-electron chi connectivity index (χ0n) is 12.6. The van der Waals surface area contributed by atoms with Gasteiger partial charge in [-0.2, -0.15) is 0 Å². The number of rotatable bonds is 4. The highest BCUT2D eigenvalue weighted by atomic mass is 16.1. The smallest absolute Gasteiger partial charge is 0.250 e. The standard InChI is InChI=1S/C17H17N4O/c1-21(2)10-11-3-5-12(6-4-11)14-9-20-17-13(7-8-19-17)15(14)16(18)22/h3-6,8-9H,10H2,1-2H3,(H2,18,22)(H,19,20). The molecule has 5 nitrogen and oxygen atoms in total. The number of amides is 1. The van der Waals surface area contributed by atoms with Gasteiger partial charge in [-0.05, 0) is 25.2 Å². The van der Waals surface area contributed by atoms with Crippen LogP contribution in [0.2, 0.25) is 0 Å². The second-order valence-corrected chi connectivity index (χ2v) is 5.50. The summed E-state index contributed by atoms with van der Waals surface area (Å²) in [4.78, 5) is 21.2. The summed E-state index contributed by atoms with van der Waals surface area (Å²) in [5.41, 5.74) is 9.48. The number of pyridine rings is 1. The maximum atomic E-state index is 11.9. The van der Waals surface area contributed by atoms with Crippen LogP contribution < -0.4 is 5.73 Å². The molecule has 0 fully saturated rings. The third-order valence-electron chi connectivity index (χ3n) is 3.51. The van der Waals surface area contributed by atoms with Crippen molar-refractivity contribution in [3.05, 3.63) is 53.9 Å². The van der Waals surface area contributed by atoms with E-state index < -0.39 is 5.91 Å². The summed E-state index contributed by atoms with van der Waals surface area (Å²) < 4.78 is 0. The number of carbonyl (C=O) groups excluding carboxylic acids is 1. The van der Waals surface area contributed by atoms with E-state index in [0.29, 0.717) is 16.6 Å². The molecular weight excluding hydrogens is 276 g/mol. The third kappa shape index (κ3) is 2.58. The van der Waals surface area contributed by atoms with Crippen LogP contribution in [0.5, 0.6) is 0 Å². The molecule has 0 aliphatic heterocycles. The fourth-order valence-electron chi connectivity index (χ4n) is 2.57. The van der Waals surface area contributed by atoms with Crippen molar-refractivity contribution in [2.75, 3.05) is 14.1 Å². The van der Waals surface area contributed by atoms with Gasteiger partial charge in [-0.15, -0.1) is 0 Å². The molecule has 1 aromatic carbocycles. The lowest BCUT2D eigenvalue weighted by Crippen LogP contribution is -2.13. The van der Waals surface area contributed by atoms with Gasteiger partial charge < -0.3 is 15.6 Å². The second kappa shape index (κ2) is 5.61. The minimum absolute atomic E-state index is 0.451. The van der Waals surface area contributed by atoms with Gasteiger partial charge in [0.25, 0.3) is 0 Å². The molecule has 0 saturated carbocycles. The molecule has 0 aliphatic rings. The predicted octanol–water partition coefficient (Wildman–Crippen LogP) is 2.19. The van der Waals surface area contributed by atoms with Crippen LogP contribution in [0.1, 0.15) is 15.9 Å². The van der Waals surface area contributed by atoms with E-state index in [0.717, 1.165) is 17.7 Å². The number of benzene rings is 1. The summed E-state index contributed by atoms with van der Waals surface area (Å²) in [6.45, 7) is 0.867. The Balaban J connectivity index is 2.09. The van der Waals surface area contributed by atoms with E-state index in [9.17, 15) is 4.79 Å². The van der Waals surface area contributed by atoms with Gasteiger partial charge in [0.2, 0.25) is 5.91 Å². The molecule has 111 valence electrons. The summed E-state index contributed by atoms with van der Waals surface area (Å²) in [6, 6.07) is 11.1. The van der Waals surface area contributed by atoms with E-state index in [2.05, 4.69) is 20.9 Å². The molecule has 3 N–H and O–H groups in total. The molecule has 3 aromatic rings. The second-order valence-electron chi connectivity index (χ2n) is 5.50. The minimum Gasteiger partial charge on any atom is -0.366 e. The SMILES string of the molecule is CN(C)Cc1ccc(-c2cnc3[nH]c[c]c3c2C(N)=O)cc1. The average molecular weight is 293 g/mol. The molecule has 5 heteroatoms.